The van der Waals surface area contributed by atoms with Gasteiger partial charge in [-0.05, 0) is 51.6 Å². The average molecular weight is 254 g/mol. The number of aliphatic carboxylic acids is 1. The molecule has 1 aliphatic carbocycles. The fraction of sp³-hybridized carbons (Fsp3) is 0.929. The van der Waals surface area contributed by atoms with Gasteiger partial charge in [-0.3, -0.25) is 9.69 Å². The zero-order chi connectivity index (χ0) is 13.2. The first-order valence-electron chi connectivity index (χ1n) is 7.29. The predicted molar refractivity (Wildman–Crippen MR) is 71.7 cm³/mol. The zero-order valence-electron chi connectivity index (χ0n) is 11.6. The van der Waals surface area contributed by atoms with E-state index in [1.165, 1.54) is 32.1 Å². The summed E-state index contributed by atoms with van der Waals surface area (Å²) in [6.07, 6.45) is 6.48. The number of nitrogens with zero attached hydrogens (tertiary/aromatic N) is 1. The molecule has 18 heavy (non-hydrogen) atoms. The third-order valence-electron chi connectivity index (χ3n) is 4.67. The molecule has 0 amide bonds. The van der Waals surface area contributed by atoms with E-state index in [9.17, 15) is 9.90 Å². The Morgan fingerprint density at radius 1 is 1.39 bits per heavy atom. The van der Waals surface area contributed by atoms with Crippen molar-refractivity contribution in [3.05, 3.63) is 0 Å². The van der Waals surface area contributed by atoms with E-state index in [4.69, 9.17) is 0 Å². The second-order valence-electron chi connectivity index (χ2n) is 6.04. The molecule has 4 heteroatoms. The van der Waals surface area contributed by atoms with E-state index < -0.39 is 11.5 Å². The van der Waals surface area contributed by atoms with E-state index in [1.807, 2.05) is 13.8 Å². The quantitative estimate of drug-likeness (QED) is 0.784. The summed E-state index contributed by atoms with van der Waals surface area (Å²) in [5, 5.41) is 12.6. The van der Waals surface area contributed by atoms with E-state index in [1.54, 1.807) is 0 Å². The SMILES string of the molecule is CCNC(C)(CN1CCCC2CCCC21)C(=O)O. The van der Waals surface area contributed by atoms with Crippen LogP contribution in [0.3, 0.4) is 0 Å². The van der Waals surface area contributed by atoms with Gasteiger partial charge in [-0.25, -0.2) is 0 Å². The highest BCUT2D eigenvalue weighted by atomic mass is 16.4. The van der Waals surface area contributed by atoms with Crippen molar-refractivity contribution < 1.29 is 9.90 Å². The topological polar surface area (TPSA) is 52.6 Å². The summed E-state index contributed by atoms with van der Waals surface area (Å²) in [7, 11) is 0. The van der Waals surface area contributed by atoms with Gasteiger partial charge in [0.05, 0.1) is 0 Å². The maximum atomic E-state index is 11.5. The Labute approximate surface area is 110 Å². The maximum absolute atomic E-state index is 11.5. The Kier molecular flexibility index (Phi) is 4.28. The molecule has 0 bridgehead atoms. The molecular weight excluding hydrogens is 228 g/mol. The lowest BCUT2D eigenvalue weighted by molar-refractivity contribution is -0.145. The van der Waals surface area contributed by atoms with Crippen LogP contribution in [0.4, 0.5) is 0 Å². The zero-order valence-corrected chi connectivity index (χ0v) is 11.6. The van der Waals surface area contributed by atoms with E-state index in [2.05, 4.69) is 10.2 Å². The lowest BCUT2D eigenvalue weighted by Crippen LogP contribution is -2.59. The normalized spacial score (nSPS) is 31.9. The highest BCUT2D eigenvalue weighted by Crippen LogP contribution is 2.37. The third-order valence-corrected chi connectivity index (χ3v) is 4.67. The summed E-state index contributed by atoms with van der Waals surface area (Å²) in [4.78, 5) is 13.9. The molecule has 2 aliphatic rings. The van der Waals surface area contributed by atoms with Crippen LogP contribution in [0.25, 0.3) is 0 Å². The number of fused-ring (bicyclic) bond motifs is 1. The number of hydrogen-bond donors (Lipinski definition) is 2. The van der Waals surface area contributed by atoms with Gasteiger partial charge < -0.3 is 10.4 Å². The van der Waals surface area contributed by atoms with Crippen molar-refractivity contribution in [3.8, 4) is 0 Å². The van der Waals surface area contributed by atoms with Gasteiger partial charge in [-0.15, -0.1) is 0 Å². The smallest absolute Gasteiger partial charge is 0.324 e. The second-order valence-corrected chi connectivity index (χ2v) is 6.04. The molecule has 1 saturated carbocycles. The lowest BCUT2D eigenvalue weighted by atomic mass is 9.90. The summed E-state index contributed by atoms with van der Waals surface area (Å²) < 4.78 is 0. The Hall–Kier alpha value is -0.610. The van der Waals surface area contributed by atoms with Gasteiger partial charge in [0.1, 0.15) is 5.54 Å². The lowest BCUT2D eigenvalue weighted by Gasteiger charge is -2.42. The molecule has 4 nitrogen and oxygen atoms in total. The van der Waals surface area contributed by atoms with Gasteiger partial charge in [-0.2, -0.15) is 0 Å². The molecule has 104 valence electrons. The van der Waals surface area contributed by atoms with Crippen LogP contribution in [0.15, 0.2) is 0 Å². The second kappa shape index (κ2) is 5.57. The minimum atomic E-state index is -0.806. The van der Waals surface area contributed by atoms with Crippen molar-refractivity contribution in [3.63, 3.8) is 0 Å². The molecule has 0 aromatic heterocycles. The molecule has 2 fully saturated rings. The Bertz CT molecular complexity index is 308. The summed E-state index contributed by atoms with van der Waals surface area (Å²) >= 11 is 0. The molecule has 2 rings (SSSR count). The first-order valence-corrected chi connectivity index (χ1v) is 7.29. The molecule has 3 atom stereocenters. The monoisotopic (exact) mass is 254 g/mol. The predicted octanol–water partition coefficient (Wildman–Crippen LogP) is 1.70. The van der Waals surface area contributed by atoms with Gasteiger partial charge in [0.15, 0.2) is 0 Å². The van der Waals surface area contributed by atoms with E-state index >= 15 is 0 Å². The molecular formula is C14H26N2O2. The number of likely N-dealkylation sites (tertiary alicyclic amines) is 1. The van der Waals surface area contributed by atoms with Crippen molar-refractivity contribution in [2.24, 2.45) is 5.92 Å². The molecule has 1 aliphatic heterocycles. The van der Waals surface area contributed by atoms with Crippen molar-refractivity contribution in [1.29, 1.82) is 0 Å². The molecule has 1 saturated heterocycles. The van der Waals surface area contributed by atoms with Crippen LogP contribution in [0.5, 0.6) is 0 Å². The fourth-order valence-corrected chi connectivity index (χ4v) is 3.75. The summed E-state index contributed by atoms with van der Waals surface area (Å²) in [6, 6.07) is 0.635. The highest BCUT2D eigenvalue weighted by molar-refractivity contribution is 5.78. The maximum Gasteiger partial charge on any atom is 0.324 e. The van der Waals surface area contributed by atoms with Gasteiger partial charge in [0, 0.05) is 12.6 Å². The van der Waals surface area contributed by atoms with Crippen LogP contribution in [0, 0.1) is 5.92 Å². The van der Waals surface area contributed by atoms with Crippen LogP contribution in [0.2, 0.25) is 0 Å². The van der Waals surface area contributed by atoms with Crippen molar-refractivity contribution >= 4 is 5.97 Å². The van der Waals surface area contributed by atoms with Crippen LogP contribution in [-0.2, 0) is 4.79 Å². The van der Waals surface area contributed by atoms with E-state index in [0.29, 0.717) is 19.1 Å². The Morgan fingerprint density at radius 3 is 2.78 bits per heavy atom. The number of piperidine rings is 1. The first kappa shape index (κ1) is 13.8. The molecule has 0 aromatic carbocycles. The van der Waals surface area contributed by atoms with Gasteiger partial charge in [0.25, 0.3) is 0 Å². The van der Waals surface area contributed by atoms with Crippen LogP contribution >= 0.6 is 0 Å². The van der Waals surface area contributed by atoms with Crippen LogP contribution < -0.4 is 5.32 Å². The molecule has 0 radical (unpaired) electrons. The van der Waals surface area contributed by atoms with Gasteiger partial charge in [-0.1, -0.05) is 13.3 Å². The Balaban J connectivity index is 2.04. The first-order chi connectivity index (χ1) is 8.57. The van der Waals surface area contributed by atoms with Crippen molar-refractivity contribution in [2.75, 3.05) is 19.6 Å². The molecule has 3 unspecified atom stereocenters. The minimum Gasteiger partial charge on any atom is -0.480 e. The summed E-state index contributed by atoms with van der Waals surface area (Å²) in [6.45, 7) is 6.19. The van der Waals surface area contributed by atoms with Crippen molar-refractivity contribution in [2.45, 2.75) is 57.5 Å². The number of hydrogen-bond acceptors (Lipinski definition) is 3. The van der Waals surface area contributed by atoms with Crippen LogP contribution in [-0.4, -0.2) is 47.2 Å². The summed E-state index contributed by atoms with van der Waals surface area (Å²) in [5.74, 6) is 0.0860. The average Bonchev–Trinajstić information content (AvgIpc) is 2.78. The molecule has 1 heterocycles. The van der Waals surface area contributed by atoms with E-state index in [-0.39, 0.29) is 0 Å². The number of carboxylic acid groups (broad SMARTS) is 1. The fourth-order valence-electron chi connectivity index (χ4n) is 3.75. The molecule has 0 aromatic rings. The summed E-state index contributed by atoms with van der Waals surface area (Å²) in [5.41, 5.74) is -0.806. The number of carboxylic acids is 1. The number of nitrogens with one attached hydrogen (secondary N) is 1. The number of rotatable bonds is 5. The van der Waals surface area contributed by atoms with E-state index in [0.717, 1.165) is 12.5 Å². The molecule has 2 N–H and O–H groups in total. The molecule has 0 spiro atoms. The highest BCUT2D eigenvalue weighted by Gasteiger charge is 2.41. The minimum absolute atomic E-state index is 0.635. The number of likely N-dealkylation sites (N-methyl/N-ethyl adjacent to an activating group) is 1. The van der Waals surface area contributed by atoms with Gasteiger partial charge >= 0.3 is 5.97 Å². The van der Waals surface area contributed by atoms with Crippen molar-refractivity contribution in [1.82, 2.24) is 10.2 Å². The van der Waals surface area contributed by atoms with Gasteiger partial charge in [0.2, 0.25) is 0 Å². The Morgan fingerprint density at radius 2 is 2.11 bits per heavy atom. The van der Waals surface area contributed by atoms with Crippen LogP contribution in [0.1, 0.15) is 46.0 Å². The number of carbonyl (C=O) groups is 1. The third kappa shape index (κ3) is 2.69. The standard InChI is InChI=1S/C14H26N2O2/c1-3-15-14(2,13(17)18)10-16-9-5-7-11-6-4-8-12(11)16/h11-12,15H,3-10H2,1-2H3,(H,17,18). The largest absolute Gasteiger partial charge is 0.480 e.